The van der Waals surface area contributed by atoms with E-state index in [0.29, 0.717) is 5.95 Å². The summed E-state index contributed by atoms with van der Waals surface area (Å²) in [6, 6.07) is 10.3. The largest absolute Gasteiger partial charge is 0.372 e. The van der Waals surface area contributed by atoms with Crippen molar-refractivity contribution in [1.29, 1.82) is 0 Å². The van der Waals surface area contributed by atoms with Gasteiger partial charge in [0.2, 0.25) is 5.95 Å². The molecule has 21 heavy (non-hydrogen) atoms. The molecule has 0 N–H and O–H groups in total. The molecule has 0 atom stereocenters. The van der Waals surface area contributed by atoms with Gasteiger partial charge >= 0.3 is 0 Å². The van der Waals surface area contributed by atoms with Crippen molar-refractivity contribution in [3.8, 4) is 0 Å². The fourth-order valence-corrected chi connectivity index (χ4v) is 2.26. The average Bonchev–Trinajstić information content (AvgIpc) is 2.47. The number of benzene rings is 1. The van der Waals surface area contributed by atoms with Crippen molar-refractivity contribution >= 4 is 17.9 Å². The van der Waals surface area contributed by atoms with Gasteiger partial charge in [0.25, 0.3) is 0 Å². The number of nitrogens with zero attached hydrogens (tertiary/aromatic N) is 4. The number of aliphatic imine (C=N–C) groups is 1. The second-order valence-electron chi connectivity index (χ2n) is 4.97. The van der Waals surface area contributed by atoms with Crippen LogP contribution in [-0.4, -0.2) is 29.3 Å². The minimum Gasteiger partial charge on any atom is -0.372 e. The first-order chi connectivity index (χ1) is 10.1. The molecule has 4 nitrogen and oxygen atoms in total. The molecular formula is C17H22N4. The standard InChI is InChI=1S/C17H22N4/c1-5-21(6-2)16-9-7-15(8-10-16)12-18-17-19-13(3)11-14(4)20-17/h7-12H,5-6H2,1-4H3. The Bertz CT molecular complexity index is 593. The molecular weight excluding hydrogens is 260 g/mol. The van der Waals surface area contributed by atoms with Gasteiger partial charge in [0.15, 0.2) is 0 Å². The minimum atomic E-state index is 0.514. The predicted octanol–water partition coefficient (Wildman–Crippen LogP) is 3.69. The predicted molar refractivity (Wildman–Crippen MR) is 88.8 cm³/mol. The lowest BCUT2D eigenvalue weighted by Gasteiger charge is -2.20. The molecule has 0 spiro atoms. The van der Waals surface area contributed by atoms with Crippen LogP contribution in [0, 0.1) is 13.8 Å². The Morgan fingerprint density at radius 2 is 1.57 bits per heavy atom. The maximum atomic E-state index is 4.35. The molecule has 0 unspecified atom stereocenters. The van der Waals surface area contributed by atoms with Crippen LogP contribution in [-0.2, 0) is 0 Å². The van der Waals surface area contributed by atoms with E-state index in [1.165, 1.54) is 5.69 Å². The summed E-state index contributed by atoms with van der Waals surface area (Å²) >= 11 is 0. The third-order valence-electron chi connectivity index (χ3n) is 3.32. The summed E-state index contributed by atoms with van der Waals surface area (Å²) in [6.07, 6.45) is 1.81. The van der Waals surface area contributed by atoms with Crippen LogP contribution in [0.1, 0.15) is 30.8 Å². The molecule has 110 valence electrons. The molecule has 4 heteroatoms. The van der Waals surface area contributed by atoms with E-state index in [4.69, 9.17) is 0 Å². The van der Waals surface area contributed by atoms with Gasteiger partial charge in [-0.3, -0.25) is 0 Å². The highest BCUT2D eigenvalue weighted by Crippen LogP contribution is 2.14. The molecule has 2 rings (SSSR count). The van der Waals surface area contributed by atoms with Crippen LogP contribution < -0.4 is 4.90 Å². The Morgan fingerprint density at radius 3 is 2.10 bits per heavy atom. The fourth-order valence-electron chi connectivity index (χ4n) is 2.26. The monoisotopic (exact) mass is 282 g/mol. The van der Waals surface area contributed by atoms with Crippen LogP contribution in [0.15, 0.2) is 35.3 Å². The summed E-state index contributed by atoms with van der Waals surface area (Å²) in [7, 11) is 0. The first-order valence-electron chi connectivity index (χ1n) is 7.33. The van der Waals surface area contributed by atoms with Crippen LogP contribution in [0.2, 0.25) is 0 Å². The van der Waals surface area contributed by atoms with Gasteiger partial charge in [-0.1, -0.05) is 12.1 Å². The quantitative estimate of drug-likeness (QED) is 0.785. The van der Waals surface area contributed by atoms with Gasteiger partial charge in [0.05, 0.1) is 0 Å². The van der Waals surface area contributed by atoms with E-state index >= 15 is 0 Å². The highest BCUT2D eigenvalue weighted by atomic mass is 15.1. The van der Waals surface area contributed by atoms with Crippen molar-refractivity contribution in [3.63, 3.8) is 0 Å². The fraction of sp³-hybridized carbons (Fsp3) is 0.353. The van der Waals surface area contributed by atoms with Crippen LogP contribution in [0.3, 0.4) is 0 Å². The Labute approximate surface area is 126 Å². The summed E-state index contributed by atoms with van der Waals surface area (Å²) < 4.78 is 0. The van der Waals surface area contributed by atoms with Gasteiger partial charge in [-0.15, -0.1) is 0 Å². The molecule has 0 aliphatic carbocycles. The summed E-state index contributed by atoms with van der Waals surface area (Å²) in [6.45, 7) is 10.3. The maximum absolute atomic E-state index is 4.35. The van der Waals surface area contributed by atoms with E-state index in [0.717, 1.165) is 30.0 Å². The molecule has 0 aliphatic rings. The molecule has 0 amide bonds. The topological polar surface area (TPSA) is 41.4 Å². The molecule has 0 saturated carbocycles. The first kappa shape index (κ1) is 15.2. The molecule has 0 fully saturated rings. The highest BCUT2D eigenvalue weighted by Gasteiger charge is 2.01. The first-order valence-corrected chi connectivity index (χ1v) is 7.33. The van der Waals surface area contributed by atoms with Gasteiger partial charge < -0.3 is 4.90 Å². The molecule has 0 aliphatic heterocycles. The lowest BCUT2D eigenvalue weighted by Crippen LogP contribution is -2.21. The molecule has 0 saturated heterocycles. The zero-order valence-electron chi connectivity index (χ0n) is 13.2. The van der Waals surface area contributed by atoms with Gasteiger partial charge in [-0.2, -0.15) is 0 Å². The zero-order chi connectivity index (χ0) is 15.2. The Kier molecular flexibility index (Phi) is 5.04. The van der Waals surface area contributed by atoms with E-state index < -0.39 is 0 Å². The lowest BCUT2D eigenvalue weighted by molar-refractivity contribution is 0.866. The second kappa shape index (κ2) is 6.97. The Hall–Kier alpha value is -2.23. The van der Waals surface area contributed by atoms with Crippen LogP contribution >= 0.6 is 0 Å². The number of hydrogen-bond acceptors (Lipinski definition) is 4. The number of anilines is 1. The average molecular weight is 282 g/mol. The second-order valence-corrected chi connectivity index (χ2v) is 4.97. The van der Waals surface area contributed by atoms with Gasteiger partial charge in [-0.05, 0) is 51.5 Å². The van der Waals surface area contributed by atoms with Gasteiger partial charge in [0, 0.05) is 36.4 Å². The number of hydrogen-bond donors (Lipinski definition) is 0. The van der Waals surface area contributed by atoms with Crippen LogP contribution in [0.5, 0.6) is 0 Å². The molecule has 2 aromatic rings. The SMILES string of the molecule is CCN(CC)c1ccc(C=Nc2nc(C)cc(C)n2)cc1. The van der Waals surface area contributed by atoms with E-state index in [1.807, 2.05) is 19.9 Å². The molecule has 1 aromatic heterocycles. The number of aromatic nitrogens is 2. The van der Waals surface area contributed by atoms with Crippen molar-refractivity contribution < 1.29 is 0 Å². The van der Waals surface area contributed by atoms with Gasteiger partial charge in [-0.25, -0.2) is 15.0 Å². The summed E-state index contributed by atoms with van der Waals surface area (Å²) in [5.74, 6) is 0.514. The smallest absolute Gasteiger partial charge is 0.249 e. The van der Waals surface area contributed by atoms with E-state index in [1.54, 1.807) is 6.21 Å². The number of rotatable bonds is 5. The van der Waals surface area contributed by atoms with E-state index in [9.17, 15) is 0 Å². The van der Waals surface area contributed by atoms with Crippen LogP contribution in [0.4, 0.5) is 11.6 Å². The summed E-state index contributed by atoms with van der Waals surface area (Å²) in [5, 5.41) is 0. The Balaban J connectivity index is 2.14. The van der Waals surface area contributed by atoms with Crippen molar-refractivity contribution in [2.75, 3.05) is 18.0 Å². The van der Waals surface area contributed by atoms with Crippen molar-refractivity contribution in [2.24, 2.45) is 4.99 Å². The maximum Gasteiger partial charge on any atom is 0.249 e. The highest BCUT2D eigenvalue weighted by molar-refractivity contribution is 5.81. The van der Waals surface area contributed by atoms with Crippen molar-refractivity contribution in [1.82, 2.24) is 9.97 Å². The molecule has 0 bridgehead atoms. The molecule has 0 radical (unpaired) electrons. The minimum absolute atomic E-state index is 0.514. The summed E-state index contributed by atoms with van der Waals surface area (Å²) in [5.41, 5.74) is 4.16. The third kappa shape index (κ3) is 4.12. The van der Waals surface area contributed by atoms with E-state index in [-0.39, 0.29) is 0 Å². The normalized spacial score (nSPS) is 11.0. The molecule has 1 aromatic carbocycles. The number of aryl methyl sites for hydroxylation is 2. The zero-order valence-corrected chi connectivity index (χ0v) is 13.2. The Morgan fingerprint density at radius 1 is 1.00 bits per heavy atom. The lowest BCUT2D eigenvalue weighted by atomic mass is 10.2. The van der Waals surface area contributed by atoms with E-state index in [2.05, 4.69) is 58.0 Å². The molecule has 1 heterocycles. The van der Waals surface area contributed by atoms with Crippen molar-refractivity contribution in [2.45, 2.75) is 27.7 Å². The van der Waals surface area contributed by atoms with Crippen molar-refractivity contribution in [3.05, 3.63) is 47.3 Å². The summed E-state index contributed by atoms with van der Waals surface area (Å²) in [4.78, 5) is 15.3. The third-order valence-corrected chi connectivity index (χ3v) is 3.32. The van der Waals surface area contributed by atoms with Crippen LogP contribution in [0.25, 0.3) is 0 Å². The van der Waals surface area contributed by atoms with Gasteiger partial charge in [0.1, 0.15) is 0 Å².